The van der Waals surface area contributed by atoms with Crippen LogP contribution in [0.25, 0.3) is 11.1 Å². The first-order chi connectivity index (χ1) is 14.3. The molecule has 0 radical (unpaired) electrons. The standard InChI is InChI=1S/C18H14F3N7O2/c1-27-14(25-17(26-27)18(19,20)21)16(29)28-7-6-10-12(23-8-22-10)13(28)15-24-9-4-2-3-5-11(9)30-15/h2-5,8,13H,6-7H2,1H3,(H,22,23)/t13-/m0/s1. The van der Waals surface area contributed by atoms with Crippen molar-refractivity contribution in [1.29, 1.82) is 0 Å². The zero-order chi connectivity index (χ0) is 21.0. The van der Waals surface area contributed by atoms with Crippen molar-refractivity contribution in [2.75, 3.05) is 6.54 Å². The van der Waals surface area contributed by atoms with E-state index < -0.39 is 29.8 Å². The van der Waals surface area contributed by atoms with Gasteiger partial charge in [-0.25, -0.2) is 14.6 Å². The van der Waals surface area contributed by atoms with Crippen molar-refractivity contribution in [3.05, 3.63) is 59.5 Å². The first-order valence-electron chi connectivity index (χ1n) is 8.99. The lowest BCUT2D eigenvalue weighted by Crippen LogP contribution is -2.42. The second kappa shape index (κ2) is 6.40. The van der Waals surface area contributed by atoms with E-state index in [1.807, 2.05) is 0 Å². The van der Waals surface area contributed by atoms with Crippen molar-refractivity contribution < 1.29 is 22.4 Å². The van der Waals surface area contributed by atoms with Crippen LogP contribution in [0.2, 0.25) is 0 Å². The maximum Gasteiger partial charge on any atom is 0.453 e. The number of fused-ring (bicyclic) bond motifs is 2. The normalized spacial score (nSPS) is 16.8. The third-order valence-corrected chi connectivity index (χ3v) is 4.94. The summed E-state index contributed by atoms with van der Waals surface area (Å²) in [5.74, 6) is -2.30. The minimum Gasteiger partial charge on any atom is -0.438 e. The molecular formula is C18H14F3N7O2. The van der Waals surface area contributed by atoms with Gasteiger partial charge in [0.2, 0.25) is 11.7 Å². The summed E-state index contributed by atoms with van der Waals surface area (Å²) in [4.78, 5) is 29.8. The van der Waals surface area contributed by atoms with E-state index >= 15 is 0 Å². The van der Waals surface area contributed by atoms with Crippen LogP contribution in [0, 0.1) is 0 Å². The monoisotopic (exact) mass is 417 g/mol. The number of carbonyl (C=O) groups is 1. The highest BCUT2D eigenvalue weighted by Gasteiger charge is 2.42. The van der Waals surface area contributed by atoms with Crippen LogP contribution in [0.4, 0.5) is 13.2 Å². The summed E-state index contributed by atoms with van der Waals surface area (Å²) < 4.78 is 45.7. The molecule has 0 fully saturated rings. The van der Waals surface area contributed by atoms with E-state index in [1.54, 1.807) is 24.3 Å². The molecule has 0 saturated carbocycles. The first kappa shape index (κ1) is 18.3. The average Bonchev–Trinajstić information content (AvgIpc) is 3.43. The van der Waals surface area contributed by atoms with Crippen LogP contribution in [0.5, 0.6) is 0 Å². The fourth-order valence-electron chi connectivity index (χ4n) is 3.57. The van der Waals surface area contributed by atoms with Crippen molar-refractivity contribution in [3.8, 4) is 0 Å². The van der Waals surface area contributed by atoms with Gasteiger partial charge in [0.15, 0.2) is 11.6 Å². The second-order valence-electron chi connectivity index (χ2n) is 6.82. The van der Waals surface area contributed by atoms with Gasteiger partial charge in [0.1, 0.15) is 5.52 Å². The number of H-pyrrole nitrogens is 1. The molecule has 0 unspecified atom stereocenters. The average molecular weight is 417 g/mol. The van der Waals surface area contributed by atoms with Gasteiger partial charge < -0.3 is 14.3 Å². The molecule has 12 heteroatoms. The zero-order valence-electron chi connectivity index (χ0n) is 15.5. The molecule has 1 aliphatic rings. The number of amides is 1. The molecule has 0 bridgehead atoms. The molecule has 9 nitrogen and oxygen atoms in total. The third-order valence-electron chi connectivity index (χ3n) is 4.94. The quantitative estimate of drug-likeness (QED) is 0.537. The summed E-state index contributed by atoms with van der Waals surface area (Å²) in [5.41, 5.74) is 2.46. The van der Waals surface area contributed by atoms with Gasteiger partial charge in [0.25, 0.3) is 11.7 Å². The molecule has 154 valence electrons. The minimum atomic E-state index is -4.76. The first-order valence-corrected chi connectivity index (χ1v) is 8.99. The van der Waals surface area contributed by atoms with Gasteiger partial charge in [-0.3, -0.25) is 4.79 Å². The number of oxazole rings is 1. The molecule has 1 atom stereocenters. The number of alkyl halides is 3. The maximum absolute atomic E-state index is 13.2. The molecule has 3 aromatic heterocycles. The molecule has 1 amide bonds. The molecule has 1 aromatic carbocycles. The van der Waals surface area contributed by atoms with Crippen LogP contribution in [0.1, 0.15) is 39.8 Å². The molecule has 0 spiro atoms. The van der Waals surface area contributed by atoms with Gasteiger partial charge in [-0.05, 0) is 12.1 Å². The lowest BCUT2D eigenvalue weighted by molar-refractivity contribution is -0.144. The topological polar surface area (TPSA) is 106 Å². The number of carbonyl (C=O) groups excluding carboxylic acids is 1. The number of hydrogen-bond donors (Lipinski definition) is 1. The fourth-order valence-corrected chi connectivity index (χ4v) is 3.57. The number of rotatable bonds is 2. The Hall–Kier alpha value is -3.70. The molecule has 5 rings (SSSR count). The Morgan fingerprint density at radius 3 is 2.80 bits per heavy atom. The van der Waals surface area contributed by atoms with Gasteiger partial charge in [-0.15, -0.1) is 5.10 Å². The predicted octanol–water partition coefficient (Wildman–Crippen LogP) is 2.49. The van der Waals surface area contributed by atoms with Crippen LogP contribution in [-0.4, -0.2) is 47.1 Å². The Labute approximate surface area is 166 Å². The summed E-state index contributed by atoms with van der Waals surface area (Å²) in [6.07, 6.45) is -2.81. The van der Waals surface area contributed by atoms with E-state index in [2.05, 4.69) is 25.0 Å². The smallest absolute Gasteiger partial charge is 0.438 e. The van der Waals surface area contributed by atoms with E-state index in [1.165, 1.54) is 18.3 Å². The number of aromatic amines is 1. The van der Waals surface area contributed by atoms with Gasteiger partial charge in [-0.2, -0.15) is 18.2 Å². The van der Waals surface area contributed by atoms with Gasteiger partial charge in [0, 0.05) is 25.7 Å². The Morgan fingerprint density at radius 1 is 1.27 bits per heavy atom. The van der Waals surface area contributed by atoms with Crippen LogP contribution < -0.4 is 0 Å². The fraction of sp³-hybridized carbons (Fsp3) is 0.278. The molecule has 1 aliphatic heterocycles. The Bertz CT molecular complexity index is 1220. The van der Waals surface area contributed by atoms with Crippen molar-refractivity contribution in [1.82, 2.24) is 34.6 Å². The van der Waals surface area contributed by atoms with Crippen molar-refractivity contribution in [2.24, 2.45) is 7.05 Å². The van der Waals surface area contributed by atoms with E-state index in [0.29, 0.717) is 23.2 Å². The number of benzene rings is 1. The number of para-hydroxylation sites is 2. The number of nitrogens with zero attached hydrogens (tertiary/aromatic N) is 6. The molecule has 30 heavy (non-hydrogen) atoms. The highest BCUT2D eigenvalue weighted by atomic mass is 19.4. The van der Waals surface area contributed by atoms with Crippen molar-refractivity contribution in [3.63, 3.8) is 0 Å². The summed E-state index contributed by atoms with van der Waals surface area (Å²) in [5, 5.41) is 3.34. The van der Waals surface area contributed by atoms with E-state index in [9.17, 15) is 18.0 Å². The number of hydrogen-bond acceptors (Lipinski definition) is 6. The minimum absolute atomic E-state index is 0.214. The number of aryl methyl sites for hydroxylation is 1. The van der Waals surface area contributed by atoms with Crippen LogP contribution in [0.15, 0.2) is 35.0 Å². The molecule has 4 aromatic rings. The van der Waals surface area contributed by atoms with Crippen molar-refractivity contribution in [2.45, 2.75) is 18.6 Å². The summed E-state index contributed by atoms with van der Waals surface area (Å²) in [6, 6.07) is 6.28. The molecule has 1 N–H and O–H groups in total. The lowest BCUT2D eigenvalue weighted by atomic mass is 10.0. The molecule has 0 aliphatic carbocycles. The van der Waals surface area contributed by atoms with E-state index in [0.717, 1.165) is 10.4 Å². The Morgan fingerprint density at radius 2 is 2.07 bits per heavy atom. The third kappa shape index (κ3) is 2.83. The van der Waals surface area contributed by atoms with Gasteiger partial charge in [-0.1, -0.05) is 12.1 Å². The van der Waals surface area contributed by atoms with Crippen molar-refractivity contribution >= 4 is 17.0 Å². The lowest BCUT2D eigenvalue weighted by Gasteiger charge is -2.32. The Balaban J connectivity index is 1.60. The van der Waals surface area contributed by atoms with E-state index in [-0.39, 0.29) is 12.4 Å². The SMILES string of the molecule is Cn1nc(C(F)(F)F)nc1C(=O)N1CCc2[nH]cnc2[C@H]1c1nc2ccccc2o1. The maximum atomic E-state index is 13.2. The highest BCUT2D eigenvalue weighted by Crippen LogP contribution is 2.35. The number of aromatic nitrogens is 6. The predicted molar refractivity (Wildman–Crippen MR) is 95.2 cm³/mol. The zero-order valence-corrected chi connectivity index (χ0v) is 15.5. The largest absolute Gasteiger partial charge is 0.453 e. The molecular weight excluding hydrogens is 403 g/mol. The number of halogens is 3. The van der Waals surface area contributed by atoms with Crippen LogP contribution in [0.3, 0.4) is 0 Å². The summed E-state index contributed by atoms with van der Waals surface area (Å²) in [6.45, 7) is 0.214. The van der Waals surface area contributed by atoms with Gasteiger partial charge in [0.05, 0.1) is 12.0 Å². The highest BCUT2D eigenvalue weighted by molar-refractivity contribution is 5.91. The summed E-state index contributed by atoms with van der Waals surface area (Å²) >= 11 is 0. The molecule has 4 heterocycles. The number of nitrogens with one attached hydrogen (secondary N) is 1. The van der Waals surface area contributed by atoms with Crippen LogP contribution >= 0.6 is 0 Å². The Kier molecular flexibility index (Phi) is 3.91. The van der Waals surface area contributed by atoms with E-state index in [4.69, 9.17) is 4.42 Å². The van der Waals surface area contributed by atoms with Gasteiger partial charge >= 0.3 is 6.18 Å². The second-order valence-corrected chi connectivity index (χ2v) is 6.82. The number of imidazole rings is 1. The summed E-state index contributed by atoms with van der Waals surface area (Å²) in [7, 11) is 1.24. The van der Waals surface area contributed by atoms with Crippen LogP contribution in [-0.2, 0) is 19.6 Å². The molecule has 0 saturated heterocycles.